The molecule has 162 valence electrons. The molecule has 0 radical (unpaired) electrons. The Labute approximate surface area is 194 Å². The molecule has 0 aliphatic rings. The summed E-state index contributed by atoms with van der Waals surface area (Å²) in [6.07, 6.45) is 0. The van der Waals surface area contributed by atoms with Gasteiger partial charge in [-0.1, -0.05) is 78.9 Å². The second kappa shape index (κ2) is 7.38. The number of fused-ring (bicyclic) bond motifs is 8. The van der Waals surface area contributed by atoms with E-state index in [0.717, 1.165) is 48.9 Å². The van der Waals surface area contributed by atoms with Crippen LogP contribution in [0.25, 0.3) is 59.7 Å². The first kappa shape index (κ1) is 19.2. The molecule has 7 aromatic rings. The van der Waals surface area contributed by atoms with Crippen molar-refractivity contribution in [3.05, 3.63) is 113 Å². The summed E-state index contributed by atoms with van der Waals surface area (Å²) < 4.78 is 13.1. The van der Waals surface area contributed by atoms with Crippen LogP contribution in [0.4, 0.5) is 0 Å². The SMILES string of the molecule is O=c1[nH]c(-p2oc3ccc4ccccc4c3c3c(ccc4ccccc43)o2)cc2ccccc12. The van der Waals surface area contributed by atoms with E-state index >= 15 is 0 Å². The highest BCUT2D eigenvalue weighted by molar-refractivity contribution is 7.45. The van der Waals surface area contributed by atoms with Gasteiger partial charge < -0.3 is 13.4 Å². The standard InChI is InChI=1S/C29H18NO3P/c31-29-23-12-6-3-9-20(23)17-26(30-29)34-32-24-15-13-18-7-1-4-10-21(18)27(24)28-22-11-5-2-8-19(22)14-16-25(28)33-34/h1-17H,(H,30,31). The lowest BCUT2D eigenvalue weighted by molar-refractivity contribution is 0.649. The van der Waals surface area contributed by atoms with E-state index in [9.17, 15) is 4.79 Å². The van der Waals surface area contributed by atoms with Crippen molar-refractivity contribution in [2.45, 2.75) is 0 Å². The van der Waals surface area contributed by atoms with E-state index in [1.165, 1.54) is 0 Å². The Hall–Kier alpha value is -4.27. The van der Waals surface area contributed by atoms with E-state index in [4.69, 9.17) is 8.39 Å². The Morgan fingerprint density at radius 1 is 0.559 bits per heavy atom. The van der Waals surface area contributed by atoms with Crippen LogP contribution in [0, 0.1) is 0 Å². The van der Waals surface area contributed by atoms with Crippen LogP contribution in [0.5, 0.6) is 0 Å². The van der Waals surface area contributed by atoms with E-state index in [1.54, 1.807) is 0 Å². The van der Waals surface area contributed by atoms with Gasteiger partial charge >= 0.3 is 0 Å². The minimum atomic E-state index is -1.62. The molecule has 0 amide bonds. The molecule has 0 unspecified atom stereocenters. The van der Waals surface area contributed by atoms with Crippen molar-refractivity contribution >= 4 is 62.3 Å². The highest BCUT2D eigenvalue weighted by Gasteiger charge is 2.15. The van der Waals surface area contributed by atoms with Gasteiger partial charge in [-0.2, -0.15) is 0 Å². The van der Waals surface area contributed by atoms with Crippen molar-refractivity contribution in [3.63, 3.8) is 0 Å². The summed E-state index contributed by atoms with van der Waals surface area (Å²) in [5.41, 5.74) is 1.98. The van der Waals surface area contributed by atoms with E-state index in [0.29, 0.717) is 10.8 Å². The van der Waals surface area contributed by atoms with Gasteiger partial charge in [0.2, 0.25) is 0 Å². The monoisotopic (exact) mass is 459 g/mol. The average Bonchev–Trinajstić information content (AvgIpc) is 3.06. The second-order valence-corrected chi connectivity index (χ2v) is 9.69. The van der Waals surface area contributed by atoms with Crippen molar-refractivity contribution in [2.24, 2.45) is 0 Å². The molecule has 2 heterocycles. The molecular weight excluding hydrogens is 441 g/mol. The van der Waals surface area contributed by atoms with Crippen LogP contribution >= 0.6 is 8.01 Å². The molecule has 0 fully saturated rings. The maximum atomic E-state index is 12.8. The fourth-order valence-corrected chi connectivity index (χ4v) is 6.09. The van der Waals surface area contributed by atoms with Crippen molar-refractivity contribution in [3.8, 4) is 5.44 Å². The molecule has 0 saturated carbocycles. The molecule has 1 N–H and O–H groups in total. The average molecular weight is 459 g/mol. The zero-order valence-electron chi connectivity index (χ0n) is 18.0. The Bertz CT molecular complexity index is 1900. The van der Waals surface area contributed by atoms with Crippen molar-refractivity contribution in [1.29, 1.82) is 0 Å². The van der Waals surface area contributed by atoms with Crippen LogP contribution in [-0.4, -0.2) is 4.98 Å². The minimum absolute atomic E-state index is 0.149. The number of aromatic nitrogens is 1. The van der Waals surface area contributed by atoms with Crippen LogP contribution in [0.15, 0.2) is 116 Å². The van der Waals surface area contributed by atoms with E-state index in [1.807, 2.05) is 66.7 Å². The summed E-state index contributed by atoms with van der Waals surface area (Å²) in [5.74, 6) is 0. The molecule has 34 heavy (non-hydrogen) atoms. The third kappa shape index (κ3) is 2.89. The number of hydrogen-bond acceptors (Lipinski definition) is 3. The third-order valence-corrected chi connectivity index (χ3v) is 7.69. The summed E-state index contributed by atoms with van der Waals surface area (Å²) in [7, 11) is -1.62. The molecule has 0 atom stereocenters. The number of nitrogens with one attached hydrogen (secondary N) is 1. The molecule has 0 aliphatic carbocycles. The molecule has 2 aromatic heterocycles. The van der Waals surface area contributed by atoms with Crippen LogP contribution < -0.4 is 5.56 Å². The van der Waals surface area contributed by atoms with E-state index < -0.39 is 8.01 Å². The molecule has 5 heteroatoms. The minimum Gasteiger partial charge on any atom is -0.415 e. The molecule has 0 aliphatic heterocycles. The molecular formula is C29H18NO3P. The molecule has 0 saturated heterocycles. The molecule has 5 aromatic carbocycles. The lowest BCUT2D eigenvalue weighted by Crippen LogP contribution is -2.05. The number of benzene rings is 5. The fourth-order valence-electron chi connectivity index (χ4n) is 4.76. The van der Waals surface area contributed by atoms with Gasteiger partial charge in [-0.15, -0.1) is 0 Å². The van der Waals surface area contributed by atoms with Crippen molar-refractivity contribution in [2.75, 3.05) is 0 Å². The number of H-pyrrole nitrogens is 1. The lowest BCUT2D eigenvalue weighted by Gasteiger charge is -2.05. The molecule has 0 bridgehead atoms. The van der Waals surface area contributed by atoms with Gasteiger partial charge in [0.1, 0.15) is 16.6 Å². The van der Waals surface area contributed by atoms with Crippen LogP contribution in [0.2, 0.25) is 0 Å². The van der Waals surface area contributed by atoms with Gasteiger partial charge in [0.05, 0.1) is 0 Å². The summed E-state index contributed by atoms with van der Waals surface area (Å²) in [6.45, 7) is 0. The Morgan fingerprint density at radius 3 is 1.65 bits per heavy atom. The van der Waals surface area contributed by atoms with Gasteiger partial charge in [0, 0.05) is 16.2 Å². The molecule has 4 nitrogen and oxygen atoms in total. The maximum Gasteiger partial charge on any atom is 0.270 e. The molecule has 7 rings (SSSR count). The van der Waals surface area contributed by atoms with Gasteiger partial charge in [-0.05, 0) is 51.2 Å². The Morgan fingerprint density at radius 2 is 1.06 bits per heavy atom. The van der Waals surface area contributed by atoms with Crippen molar-refractivity contribution < 1.29 is 8.39 Å². The summed E-state index contributed by atoms with van der Waals surface area (Å²) in [6, 6.07) is 34.3. The topological polar surface area (TPSA) is 59.1 Å². The van der Waals surface area contributed by atoms with E-state index in [-0.39, 0.29) is 5.56 Å². The van der Waals surface area contributed by atoms with Crippen LogP contribution in [0.3, 0.4) is 0 Å². The Balaban J connectivity index is 1.71. The van der Waals surface area contributed by atoms with Crippen LogP contribution in [0.1, 0.15) is 0 Å². The smallest absolute Gasteiger partial charge is 0.270 e. The van der Waals surface area contributed by atoms with Gasteiger partial charge in [-0.25, -0.2) is 0 Å². The highest BCUT2D eigenvalue weighted by atomic mass is 31.1. The predicted molar refractivity (Wildman–Crippen MR) is 141 cm³/mol. The van der Waals surface area contributed by atoms with E-state index in [2.05, 4.69) is 41.4 Å². The largest absolute Gasteiger partial charge is 0.415 e. The van der Waals surface area contributed by atoms with Crippen LogP contribution in [-0.2, 0) is 0 Å². The fraction of sp³-hybridized carbons (Fsp3) is 0. The van der Waals surface area contributed by atoms with Gasteiger partial charge in [0.15, 0.2) is 0 Å². The second-order valence-electron chi connectivity index (χ2n) is 8.33. The summed E-state index contributed by atoms with van der Waals surface area (Å²) in [4.78, 5) is 15.8. The first-order chi connectivity index (χ1) is 16.8. The highest BCUT2D eigenvalue weighted by Crippen LogP contribution is 2.44. The maximum absolute atomic E-state index is 12.8. The Kier molecular flexibility index (Phi) is 4.17. The van der Waals surface area contributed by atoms with Crippen molar-refractivity contribution in [1.82, 2.24) is 4.98 Å². The number of aromatic amines is 1. The summed E-state index contributed by atoms with van der Waals surface area (Å²) >= 11 is 0. The normalized spacial score (nSPS) is 11.6. The first-order valence-corrected chi connectivity index (χ1v) is 12.3. The van der Waals surface area contributed by atoms with Gasteiger partial charge in [-0.3, -0.25) is 4.79 Å². The zero-order valence-corrected chi connectivity index (χ0v) is 18.9. The zero-order chi connectivity index (χ0) is 22.6. The third-order valence-electron chi connectivity index (χ3n) is 6.33. The quantitative estimate of drug-likeness (QED) is 0.268. The van der Waals surface area contributed by atoms with Gasteiger partial charge in [0.25, 0.3) is 13.6 Å². The number of rotatable bonds is 1. The summed E-state index contributed by atoms with van der Waals surface area (Å²) in [5, 5.41) is 8.00. The number of hydrogen-bond donors (Lipinski definition) is 1. The molecule has 0 spiro atoms. The lowest BCUT2D eigenvalue weighted by atomic mass is 9.99. The first-order valence-electron chi connectivity index (χ1n) is 11.1. The number of pyridine rings is 1. The predicted octanol–water partition coefficient (Wildman–Crippen LogP) is 8.43.